The third-order valence-electron chi connectivity index (χ3n) is 8.23. The van der Waals surface area contributed by atoms with Crippen LogP contribution >= 0.6 is 0 Å². The fourth-order valence-corrected chi connectivity index (χ4v) is 5.94. The highest BCUT2D eigenvalue weighted by Crippen LogP contribution is 2.49. The molecule has 2 amide bonds. The summed E-state index contributed by atoms with van der Waals surface area (Å²) in [6.45, 7) is 2.41. The van der Waals surface area contributed by atoms with Crippen molar-refractivity contribution in [2.24, 2.45) is 13.0 Å². The van der Waals surface area contributed by atoms with Crippen molar-refractivity contribution in [3.63, 3.8) is 0 Å². The molecule has 1 aliphatic carbocycles. The summed E-state index contributed by atoms with van der Waals surface area (Å²) < 4.78 is 38.2. The van der Waals surface area contributed by atoms with Crippen LogP contribution in [0.1, 0.15) is 54.6 Å². The maximum Gasteiger partial charge on any atom is 0.268 e. The summed E-state index contributed by atoms with van der Waals surface area (Å²) in [6, 6.07) is 5.25. The number of piperidine rings is 1. The van der Waals surface area contributed by atoms with E-state index in [0.29, 0.717) is 53.2 Å². The molecule has 3 N–H and O–H groups in total. The number of pyridine rings is 1. The maximum absolute atomic E-state index is 15.5. The van der Waals surface area contributed by atoms with Crippen LogP contribution in [0.15, 0.2) is 30.5 Å². The summed E-state index contributed by atoms with van der Waals surface area (Å²) in [5.74, 6) is -1.51. The van der Waals surface area contributed by atoms with Gasteiger partial charge in [0.05, 0.1) is 34.2 Å². The van der Waals surface area contributed by atoms with E-state index in [0.717, 1.165) is 6.42 Å². The summed E-state index contributed by atoms with van der Waals surface area (Å²) >= 11 is 0. The number of nitrogens with one attached hydrogen (secondary N) is 1. The Kier molecular flexibility index (Phi) is 4.95. The maximum atomic E-state index is 15.5. The van der Waals surface area contributed by atoms with Crippen molar-refractivity contribution >= 4 is 45.1 Å². The van der Waals surface area contributed by atoms with Crippen molar-refractivity contribution in [3.8, 4) is 5.75 Å². The van der Waals surface area contributed by atoms with Gasteiger partial charge < -0.3 is 20.7 Å². The summed E-state index contributed by atoms with van der Waals surface area (Å²) in [5, 5.41) is 8.06. The molecule has 2 aromatic carbocycles. The highest BCUT2D eigenvalue weighted by Gasteiger charge is 2.56. The topological polar surface area (TPSA) is 115 Å². The van der Waals surface area contributed by atoms with E-state index in [4.69, 9.17) is 10.5 Å². The van der Waals surface area contributed by atoms with Gasteiger partial charge in [0.15, 0.2) is 11.4 Å². The Labute approximate surface area is 221 Å². The SMILES string of the molecule is C[C@H]1CCC(c2cc(F)c3c(c2)OC2(CC2)C(=O)N3)N(C(=O)c2cc3c(cc2F)nc(N)c2cnn(C)c23)C1. The van der Waals surface area contributed by atoms with E-state index in [1.807, 2.05) is 6.92 Å². The van der Waals surface area contributed by atoms with Gasteiger partial charge in [0.1, 0.15) is 23.1 Å². The number of nitrogens with two attached hydrogens (primary N) is 1. The molecule has 1 unspecified atom stereocenters. The van der Waals surface area contributed by atoms with Crippen molar-refractivity contribution in [2.75, 3.05) is 17.6 Å². The van der Waals surface area contributed by atoms with E-state index in [9.17, 15) is 9.59 Å². The van der Waals surface area contributed by atoms with Crippen LogP contribution < -0.4 is 15.8 Å². The Morgan fingerprint density at radius 2 is 1.95 bits per heavy atom. The lowest BCUT2D eigenvalue weighted by Crippen LogP contribution is -2.42. The summed E-state index contributed by atoms with van der Waals surface area (Å²) in [5.41, 5.74) is 6.56. The lowest BCUT2D eigenvalue weighted by Gasteiger charge is -2.39. The predicted octanol–water partition coefficient (Wildman–Crippen LogP) is 4.46. The molecule has 2 aromatic heterocycles. The minimum atomic E-state index is -0.933. The second kappa shape index (κ2) is 8.11. The molecule has 1 spiro atoms. The zero-order valence-corrected chi connectivity index (χ0v) is 21.4. The van der Waals surface area contributed by atoms with Gasteiger partial charge in [0.25, 0.3) is 11.8 Å². The molecule has 7 rings (SSSR count). The number of halogens is 2. The molecule has 1 saturated carbocycles. The Bertz CT molecular complexity index is 1730. The van der Waals surface area contributed by atoms with Gasteiger partial charge in [-0.05, 0) is 42.5 Å². The molecule has 2 atom stereocenters. The van der Waals surface area contributed by atoms with Gasteiger partial charge in [-0.15, -0.1) is 0 Å². The number of rotatable bonds is 2. The fraction of sp³-hybridized carbons (Fsp3) is 0.357. The summed E-state index contributed by atoms with van der Waals surface area (Å²) in [6.07, 6.45) is 4.11. The Morgan fingerprint density at radius 1 is 1.15 bits per heavy atom. The van der Waals surface area contributed by atoms with Crippen LogP contribution in [-0.4, -0.2) is 43.6 Å². The van der Waals surface area contributed by atoms with Crippen molar-refractivity contribution in [1.29, 1.82) is 0 Å². The van der Waals surface area contributed by atoms with Gasteiger partial charge in [-0.1, -0.05) is 6.92 Å². The van der Waals surface area contributed by atoms with Gasteiger partial charge in [-0.2, -0.15) is 5.10 Å². The van der Waals surface area contributed by atoms with Crippen molar-refractivity contribution in [3.05, 3.63) is 53.2 Å². The fourth-order valence-electron chi connectivity index (χ4n) is 5.94. The average molecular weight is 533 g/mol. The Morgan fingerprint density at radius 3 is 2.72 bits per heavy atom. The van der Waals surface area contributed by atoms with E-state index in [1.165, 1.54) is 18.2 Å². The molecule has 39 heavy (non-hydrogen) atoms. The molecule has 11 heteroatoms. The van der Waals surface area contributed by atoms with E-state index in [-0.39, 0.29) is 34.6 Å². The third-order valence-corrected chi connectivity index (χ3v) is 8.23. The van der Waals surface area contributed by atoms with Gasteiger partial charge in [0, 0.05) is 37.9 Å². The highest BCUT2D eigenvalue weighted by atomic mass is 19.1. The number of aryl methyl sites for hydroxylation is 1. The average Bonchev–Trinajstić information content (AvgIpc) is 3.56. The third kappa shape index (κ3) is 3.55. The summed E-state index contributed by atoms with van der Waals surface area (Å²) in [7, 11) is 1.75. The first kappa shape index (κ1) is 23.8. The van der Waals surface area contributed by atoms with E-state index in [2.05, 4.69) is 15.4 Å². The number of nitrogen functional groups attached to an aromatic ring is 1. The number of hydrogen-bond acceptors (Lipinski definition) is 6. The second-order valence-corrected chi connectivity index (χ2v) is 11.0. The predicted molar refractivity (Wildman–Crippen MR) is 140 cm³/mol. The lowest BCUT2D eigenvalue weighted by atomic mass is 9.88. The van der Waals surface area contributed by atoms with Crippen molar-refractivity contribution in [2.45, 2.75) is 44.2 Å². The number of ether oxygens (including phenoxy) is 1. The first-order valence-corrected chi connectivity index (χ1v) is 13.0. The van der Waals surface area contributed by atoms with Gasteiger partial charge in [-0.25, -0.2) is 13.8 Å². The molecule has 0 radical (unpaired) electrons. The molecule has 1 saturated heterocycles. The molecule has 2 fully saturated rings. The van der Waals surface area contributed by atoms with Crippen LogP contribution in [0, 0.1) is 17.6 Å². The molecule has 3 aliphatic rings. The molecular weight excluding hydrogens is 506 g/mol. The first-order chi connectivity index (χ1) is 18.6. The number of aromatic nitrogens is 3. The van der Waals surface area contributed by atoms with Crippen LogP contribution in [-0.2, 0) is 11.8 Å². The van der Waals surface area contributed by atoms with Gasteiger partial charge >= 0.3 is 0 Å². The zero-order chi connectivity index (χ0) is 27.2. The normalized spacial score (nSPS) is 21.6. The number of likely N-dealkylation sites (tertiary alicyclic amines) is 1. The lowest BCUT2D eigenvalue weighted by molar-refractivity contribution is -0.125. The second-order valence-electron chi connectivity index (χ2n) is 11.0. The van der Waals surface area contributed by atoms with Crippen molar-refractivity contribution < 1.29 is 23.1 Å². The molecule has 0 bridgehead atoms. The molecule has 200 valence electrons. The molecule has 4 aromatic rings. The Hall–Kier alpha value is -4.28. The number of carbonyl (C=O) groups excluding carboxylic acids is 2. The Balaban J connectivity index is 1.31. The summed E-state index contributed by atoms with van der Waals surface area (Å²) in [4.78, 5) is 32.2. The van der Waals surface area contributed by atoms with Gasteiger partial charge in [0.2, 0.25) is 0 Å². The molecule has 4 heterocycles. The van der Waals surface area contributed by atoms with Crippen molar-refractivity contribution in [1.82, 2.24) is 19.7 Å². The standard InChI is InChI=1S/C28H26F2N6O3/c1-13-3-4-21(14-7-19(30)23-22(8-14)39-28(5-6-28)27(38)34-23)36(12-13)26(37)15-9-16-20(10-18(15)29)33-25(31)17-11-32-35(2)24(16)17/h7-11,13,21H,3-6,12H2,1-2H3,(H2,31,33)(H,34,38)/t13-,21?/m0/s1. The quantitative estimate of drug-likeness (QED) is 0.394. The van der Waals surface area contributed by atoms with Crippen LogP contribution in [0.25, 0.3) is 21.8 Å². The largest absolute Gasteiger partial charge is 0.475 e. The number of carbonyl (C=O) groups is 2. The number of amides is 2. The molecule has 9 nitrogen and oxygen atoms in total. The van der Waals surface area contributed by atoms with Crippen LogP contribution in [0.4, 0.5) is 20.3 Å². The minimum Gasteiger partial charge on any atom is -0.475 e. The zero-order valence-electron chi connectivity index (χ0n) is 21.4. The van der Waals surface area contributed by atoms with E-state index < -0.39 is 29.2 Å². The first-order valence-electron chi connectivity index (χ1n) is 13.0. The molecule has 2 aliphatic heterocycles. The molecular formula is C28H26F2N6O3. The number of nitrogens with zero attached hydrogens (tertiary/aromatic N) is 4. The minimum absolute atomic E-state index is 0.0101. The smallest absolute Gasteiger partial charge is 0.268 e. The number of fused-ring (bicyclic) bond motifs is 4. The van der Waals surface area contributed by atoms with E-state index >= 15 is 8.78 Å². The number of benzene rings is 2. The van der Waals surface area contributed by atoms with Gasteiger partial charge in [-0.3, -0.25) is 14.3 Å². The number of hydrogen-bond donors (Lipinski definition) is 2. The van der Waals surface area contributed by atoms with Crippen LogP contribution in [0.2, 0.25) is 0 Å². The van der Waals surface area contributed by atoms with E-state index in [1.54, 1.807) is 28.9 Å². The monoisotopic (exact) mass is 532 g/mol. The number of anilines is 2. The highest BCUT2D eigenvalue weighted by molar-refractivity contribution is 6.10. The van der Waals surface area contributed by atoms with Crippen LogP contribution in [0.3, 0.4) is 0 Å². The van der Waals surface area contributed by atoms with Crippen LogP contribution in [0.5, 0.6) is 5.75 Å².